The highest BCUT2D eigenvalue weighted by atomic mass is 16.3. The van der Waals surface area contributed by atoms with Crippen LogP contribution >= 0.6 is 0 Å². The van der Waals surface area contributed by atoms with Crippen LogP contribution in [0.15, 0.2) is 36.0 Å². The molecule has 0 saturated heterocycles. The summed E-state index contributed by atoms with van der Waals surface area (Å²) in [5, 5.41) is 9.84. The molecule has 14 heavy (non-hydrogen) atoms. The van der Waals surface area contributed by atoms with Crippen LogP contribution in [0.4, 0.5) is 0 Å². The van der Waals surface area contributed by atoms with Crippen molar-refractivity contribution in [2.45, 2.75) is 18.9 Å². The molecule has 1 aliphatic carbocycles. The van der Waals surface area contributed by atoms with Gasteiger partial charge in [0, 0.05) is 18.2 Å². The highest BCUT2D eigenvalue weighted by molar-refractivity contribution is 5.98. The minimum absolute atomic E-state index is 0.0307. The molecule has 0 aromatic carbocycles. The van der Waals surface area contributed by atoms with Crippen LogP contribution in [-0.4, -0.2) is 15.9 Å². The third kappa shape index (κ3) is 1.59. The van der Waals surface area contributed by atoms with Gasteiger partial charge in [-0.2, -0.15) is 0 Å². The van der Waals surface area contributed by atoms with Crippen molar-refractivity contribution in [1.29, 1.82) is 0 Å². The number of carbonyl (C=O) groups is 1. The number of aliphatic hydroxyl groups is 1. The number of rotatable bonds is 2. The summed E-state index contributed by atoms with van der Waals surface area (Å²) in [6, 6.07) is 5.30. The Balaban J connectivity index is 2.24. The summed E-state index contributed by atoms with van der Waals surface area (Å²) in [6.07, 6.45) is 3.79. The van der Waals surface area contributed by atoms with Gasteiger partial charge in [-0.05, 0) is 18.6 Å². The lowest BCUT2D eigenvalue weighted by Gasteiger charge is -2.09. The van der Waals surface area contributed by atoms with E-state index in [1.54, 1.807) is 30.5 Å². The molecule has 0 amide bonds. The number of pyridine rings is 1. The number of carbonyl (C=O) groups excluding carboxylic acids is 1. The SMILES string of the molecule is O=C1CCC=C1[C@H](O)c1ccccn1. The van der Waals surface area contributed by atoms with E-state index in [4.69, 9.17) is 0 Å². The van der Waals surface area contributed by atoms with Gasteiger partial charge in [-0.15, -0.1) is 0 Å². The number of Topliss-reactive ketones (excluding diaryl/α,β-unsaturated/α-hetero) is 1. The fourth-order valence-corrected chi connectivity index (χ4v) is 1.58. The molecular formula is C11H11NO2. The molecule has 0 bridgehead atoms. The van der Waals surface area contributed by atoms with Gasteiger partial charge in [0.15, 0.2) is 5.78 Å². The molecule has 1 aromatic rings. The second-order valence-electron chi connectivity index (χ2n) is 3.28. The van der Waals surface area contributed by atoms with Crippen LogP contribution in [0, 0.1) is 0 Å². The summed E-state index contributed by atoms with van der Waals surface area (Å²) in [5.41, 5.74) is 1.03. The predicted molar refractivity (Wildman–Crippen MR) is 51.5 cm³/mol. The van der Waals surface area contributed by atoms with E-state index in [-0.39, 0.29) is 5.78 Å². The zero-order valence-electron chi connectivity index (χ0n) is 7.68. The molecule has 0 fully saturated rings. The monoisotopic (exact) mass is 189 g/mol. The fourth-order valence-electron chi connectivity index (χ4n) is 1.58. The maximum Gasteiger partial charge on any atom is 0.161 e. The quantitative estimate of drug-likeness (QED) is 0.765. The van der Waals surface area contributed by atoms with E-state index in [2.05, 4.69) is 4.98 Å². The van der Waals surface area contributed by atoms with Crippen LogP contribution in [-0.2, 0) is 4.79 Å². The first-order valence-corrected chi connectivity index (χ1v) is 4.61. The van der Waals surface area contributed by atoms with Crippen LogP contribution in [0.3, 0.4) is 0 Å². The van der Waals surface area contributed by atoms with Gasteiger partial charge in [-0.3, -0.25) is 9.78 Å². The van der Waals surface area contributed by atoms with Gasteiger partial charge in [-0.1, -0.05) is 12.1 Å². The van der Waals surface area contributed by atoms with Gasteiger partial charge < -0.3 is 5.11 Å². The number of hydrogen-bond acceptors (Lipinski definition) is 3. The number of ketones is 1. The van der Waals surface area contributed by atoms with Gasteiger partial charge in [0.25, 0.3) is 0 Å². The third-order valence-corrected chi connectivity index (χ3v) is 2.32. The highest BCUT2D eigenvalue weighted by Gasteiger charge is 2.23. The van der Waals surface area contributed by atoms with E-state index in [1.165, 1.54) is 0 Å². The molecule has 3 nitrogen and oxygen atoms in total. The van der Waals surface area contributed by atoms with Crippen LogP contribution < -0.4 is 0 Å². The Bertz CT molecular complexity index is 370. The van der Waals surface area contributed by atoms with Crippen molar-refractivity contribution < 1.29 is 9.90 Å². The normalized spacial score (nSPS) is 18.1. The number of nitrogens with zero attached hydrogens (tertiary/aromatic N) is 1. The van der Waals surface area contributed by atoms with E-state index < -0.39 is 6.10 Å². The third-order valence-electron chi connectivity index (χ3n) is 2.32. The second-order valence-corrected chi connectivity index (χ2v) is 3.28. The maximum atomic E-state index is 11.3. The first-order valence-electron chi connectivity index (χ1n) is 4.61. The summed E-state index contributed by atoms with van der Waals surface area (Å²) < 4.78 is 0. The molecule has 0 aliphatic heterocycles. The lowest BCUT2D eigenvalue weighted by molar-refractivity contribution is -0.115. The number of allylic oxidation sites excluding steroid dienone is 1. The van der Waals surface area contributed by atoms with Gasteiger partial charge in [0.2, 0.25) is 0 Å². The fraction of sp³-hybridized carbons (Fsp3) is 0.273. The van der Waals surface area contributed by atoms with Gasteiger partial charge >= 0.3 is 0 Å². The van der Waals surface area contributed by atoms with Gasteiger partial charge in [0.05, 0.1) is 5.69 Å². The van der Waals surface area contributed by atoms with Gasteiger partial charge in [0.1, 0.15) is 6.10 Å². The first-order chi connectivity index (χ1) is 6.79. The summed E-state index contributed by atoms with van der Waals surface area (Å²) in [7, 11) is 0. The average molecular weight is 189 g/mol. The average Bonchev–Trinajstić information content (AvgIpc) is 2.65. The summed E-state index contributed by atoms with van der Waals surface area (Å²) in [5.74, 6) is 0.0307. The van der Waals surface area contributed by atoms with E-state index >= 15 is 0 Å². The predicted octanol–water partition coefficient (Wildman–Crippen LogP) is 1.40. The van der Waals surface area contributed by atoms with Crippen molar-refractivity contribution in [1.82, 2.24) is 4.98 Å². The summed E-state index contributed by atoms with van der Waals surface area (Å²) in [4.78, 5) is 15.3. The molecule has 0 spiro atoms. The van der Waals surface area contributed by atoms with Crippen LogP contribution in [0.25, 0.3) is 0 Å². The molecule has 0 unspecified atom stereocenters. The molecule has 72 valence electrons. The summed E-state index contributed by atoms with van der Waals surface area (Å²) >= 11 is 0. The van der Waals surface area contributed by atoms with Crippen LogP contribution in [0.5, 0.6) is 0 Å². The molecule has 1 aromatic heterocycles. The molecule has 3 heteroatoms. The lowest BCUT2D eigenvalue weighted by Crippen LogP contribution is -2.08. The summed E-state index contributed by atoms with van der Waals surface area (Å²) in [6.45, 7) is 0. The van der Waals surface area contributed by atoms with Crippen molar-refractivity contribution in [3.63, 3.8) is 0 Å². The zero-order valence-corrected chi connectivity index (χ0v) is 7.68. The Morgan fingerprint density at radius 1 is 1.43 bits per heavy atom. The van der Waals surface area contributed by atoms with Gasteiger partial charge in [-0.25, -0.2) is 0 Å². The molecule has 1 aliphatic rings. The Hall–Kier alpha value is -1.48. The lowest BCUT2D eigenvalue weighted by atomic mass is 10.1. The molecule has 1 N–H and O–H groups in total. The smallest absolute Gasteiger partial charge is 0.161 e. The van der Waals surface area contributed by atoms with E-state index in [9.17, 15) is 9.90 Å². The van der Waals surface area contributed by atoms with Crippen LogP contribution in [0.1, 0.15) is 24.6 Å². The van der Waals surface area contributed by atoms with E-state index in [0.717, 1.165) is 6.42 Å². The van der Waals surface area contributed by atoms with E-state index in [0.29, 0.717) is 17.7 Å². The first kappa shape index (κ1) is 9.09. The number of aromatic nitrogens is 1. The minimum Gasteiger partial charge on any atom is -0.382 e. The van der Waals surface area contributed by atoms with Crippen molar-refractivity contribution >= 4 is 5.78 Å². The Labute approximate surface area is 82.1 Å². The Morgan fingerprint density at radius 2 is 2.29 bits per heavy atom. The largest absolute Gasteiger partial charge is 0.382 e. The van der Waals surface area contributed by atoms with Crippen molar-refractivity contribution in [2.75, 3.05) is 0 Å². The Morgan fingerprint density at radius 3 is 2.86 bits per heavy atom. The topological polar surface area (TPSA) is 50.2 Å². The molecule has 1 atom stereocenters. The molecule has 0 saturated carbocycles. The molecule has 0 radical (unpaired) electrons. The maximum absolute atomic E-state index is 11.3. The number of hydrogen-bond donors (Lipinski definition) is 1. The Kier molecular flexibility index (Phi) is 2.41. The van der Waals surface area contributed by atoms with Crippen molar-refractivity contribution in [3.05, 3.63) is 41.7 Å². The zero-order chi connectivity index (χ0) is 9.97. The standard InChI is InChI=1S/C11H11NO2/c13-10-6-3-4-8(10)11(14)9-5-1-2-7-12-9/h1-2,4-5,7,11,14H,3,6H2/t11-/m0/s1. The molecule has 2 rings (SSSR count). The second kappa shape index (κ2) is 3.72. The molecular weight excluding hydrogens is 178 g/mol. The minimum atomic E-state index is -0.855. The molecule has 1 heterocycles. The highest BCUT2D eigenvalue weighted by Crippen LogP contribution is 2.26. The van der Waals surface area contributed by atoms with E-state index in [1.807, 2.05) is 0 Å². The van der Waals surface area contributed by atoms with Crippen molar-refractivity contribution in [2.24, 2.45) is 0 Å². The van der Waals surface area contributed by atoms with Crippen LogP contribution in [0.2, 0.25) is 0 Å². The number of aliphatic hydroxyl groups excluding tert-OH is 1. The van der Waals surface area contributed by atoms with Crippen molar-refractivity contribution in [3.8, 4) is 0 Å².